The minimum Gasteiger partial charge on any atom is -0.377 e. The van der Waals surface area contributed by atoms with Crippen LogP contribution in [0.25, 0.3) is 0 Å². The summed E-state index contributed by atoms with van der Waals surface area (Å²) in [7, 11) is -3.87. The lowest BCUT2D eigenvalue weighted by molar-refractivity contribution is 0.114. The van der Waals surface area contributed by atoms with Gasteiger partial charge < -0.3 is 10.5 Å². The fourth-order valence-electron chi connectivity index (χ4n) is 1.97. The number of benzene rings is 1. The van der Waals surface area contributed by atoms with E-state index in [9.17, 15) is 12.8 Å². The molecule has 106 valence electrons. The maximum atomic E-state index is 13.6. The molecule has 1 aliphatic rings. The zero-order valence-electron chi connectivity index (χ0n) is 10.4. The van der Waals surface area contributed by atoms with Gasteiger partial charge in [-0.1, -0.05) is 6.07 Å². The monoisotopic (exact) mass is 288 g/mol. The molecule has 7 heteroatoms. The molecule has 0 spiro atoms. The molecule has 1 saturated heterocycles. The summed E-state index contributed by atoms with van der Waals surface area (Å²) in [6.07, 6.45) is 1.60. The molecule has 1 aromatic rings. The highest BCUT2D eigenvalue weighted by Gasteiger charge is 2.22. The number of nitrogens with two attached hydrogens (primary N) is 1. The van der Waals surface area contributed by atoms with Gasteiger partial charge in [0.2, 0.25) is 10.0 Å². The standard InChI is InChI=1S/C12H17FN2O3S/c13-11-4-3-9(7-14)6-12(11)19(16,17)15-8-10-2-1-5-18-10/h3-4,6,10,15H,1-2,5,7-8,14H2. The smallest absolute Gasteiger partial charge is 0.243 e. The zero-order valence-corrected chi connectivity index (χ0v) is 11.2. The molecule has 1 atom stereocenters. The van der Waals surface area contributed by atoms with E-state index in [-0.39, 0.29) is 24.1 Å². The molecule has 2 rings (SSSR count). The number of ether oxygens (including phenoxy) is 1. The van der Waals surface area contributed by atoms with Gasteiger partial charge in [0.1, 0.15) is 10.7 Å². The fraction of sp³-hybridized carbons (Fsp3) is 0.500. The van der Waals surface area contributed by atoms with E-state index in [2.05, 4.69) is 4.72 Å². The lowest BCUT2D eigenvalue weighted by Crippen LogP contribution is -2.32. The van der Waals surface area contributed by atoms with Gasteiger partial charge in [0.15, 0.2) is 0 Å². The molecule has 0 radical (unpaired) electrons. The third-order valence-corrected chi connectivity index (χ3v) is 4.48. The Morgan fingerprint density at radius 2 is 2.26 bits per heavy atom. The maximum Gasteiger partial charge on any atom is 0.243 e. The van der Waals surface area contributed by atoms with Gasteiger partial charge in [-0.2, -0.15) is 0 Å². The third kappa shape index (κ3) is 3.50. The van der Waals surface area contributed by atoms with E-state index in [0.717, 1.165) is 18.9 Å². The summed E-state index contributed by atoms with van der Waals surface area (Å²) in [5.41, 5.74) is 6.00. The Kier molecular flexibility index (Phi) is 4.51. The lowest BCUT2D eigenvalue weighted by atomic mass is 10.2. The molecule has 1 aromatic carbocycles. The van der Waals surface area contributed by atoms with Crippen LogP contribution in [-0.4, -0.2) is 27.7 Å². The quantitative estimate of drug-likeness (QED) is 0.837. The average Bonchev–Trinajstić information content (AvgIpc) is 2.90. The first-order valence-corrected chi connectivity index (χ1v) is 7.61. The van der Waals surface area contributed by atoms with E-state index in [4.69, 9.17) is 10.5 Å². The summed E-state index contributed by atoms with van der Waals surface area (Å²) >= 11 is 0. The molecule has 0 saturated carbocycles. The van der Waals surface area contributed by atoms with Crippen molar-refractivity contribution in [3.05, 3.63) is 29.6 Å². The lowest BCUT2D eigenvalue weighted by Gasteiger charge is -2.12. The number of hydrogen-bond acceptors (Lipinski definition) is 4. The van der Waals surface area contributed by atoms with Crippen molar-refractivity contribution in [1.82, 2.24) is 4.72 Å². The molecule has 0 aliphatic carbocycles. The second-order valence-electron chi connectivity index (χ2n) is 4.46. The van der Waals surface area contributed by atoms with Crippen molar-refractivity contribution in [3.63, 3.8) is 0 Å². The van der Waals surface area contributed by atoms with Gasteiger partial charge in [0, 0.05) is 19.7 Å². The molecular weight excluding hydrogens is 271 g/mol. The molecule has 0 aromatic heterocycles. The SMILES string of the molecule is NCc1ccc(F)c(S(=O)(=O)NCC2CCCO2)c1. The first kappa shape index (κ1) is 14.4. The van der Waals surface area contributed by atoms with E-state index in [0.29, 0.717) is 12.2 Å². The first-order chi connectivity index (χ1) is 9.03. The molecule has 1 aliphatic heterocycles. The fourth-order valence-corrected chi connectivity index (χ4v) is 3.16. The molecule has 1 heterocycles. The summed E-state index contributed by atoms with van der Waals surface area (Å²) in [4.78, 5) is -0.367. The molecule has 1 fully saturated rings. The topological polar surface area (TPSA) is 81.4 Å². The summed E-state index contributed by atoms with van der Waals surface area (Å²) in [5, 5.41) is 0. The molecule has 19 heavy (non-hydrogen) atoms. The van der Waals surface area contributed by atoms with Gasteiger partial charge in [-0.05, 0) is 30.5 Å². The van der Waals surface area contributed by atoms with Crippen LogP contribution in [0.5, 0.6) is 0 Å². The number of hydrogen-bond donors (Lipinski definition) is 2. The van der Waals surface area contributed by atoms with Crippen molar-refractivity contribution < 1.29 is 17.5 Å². The largest absolute Gasteiger partial charge is 0.377 e. The molecular formula is C12H17FN2O3S. The highest BCUT2D eigenvalue weighted by Crippen LogP contribution is 2.17. The molecule has 0 amide bonds. The minimum atomic E-state index is -3.87. The Labute approximate surface area is 112 Å². The van der Waals surface area contributed by atoms with Crippen molar-refractivity contribution in [2.45, 2.75) is 30.4 Å². The van der Waals surface area contributed by atoms with E-state index in [1.807, 2.05) is 0 Å². The van der Waals surface area contributed by atoms with Crippen LogP contribution in [0, 0.1) is 5.82 Å². The molecule has 3 N–H and O–H groups in total. The van der Waals surface area contributed by atoms with E-state index in [1.54, 1.807) is 0 Å². The Hall–Kier alpha value is -1.02. The minimum absolute atomic E-state index is 0.129. The van der Waals surface area contributed by atoms with Crippen molar-refractivity contribution in [2.75, 3.05) is 13.2 Å². The molecule has 0 bridgehead atoms. The Bertz CT molecular complexity index is 542. The second-order valence-corrected chi connectivity index (χ2v) is 6.19. The van der Waals surface area contributed by atoms with Gasteiger partial charge in [-0.3, -0.25) is 0 Å². The van der Waals surface area contributed by atoms with Gasteiger partial charge in [0.05, 0.1) is 6.10 Å². The number of halogens is 1. The summed E-state index contributed by atoms with van der Waals surface area (Å²) in [6.45, 7) is 0.965. The zero-order chi connectivity index (χ0) is 13.9. The molecule has 1 unspecified atom stereocenters. The number of rotatable bonds is 5. The van der Waals surface area contributed by atoms with Crippen LogP contribution in [0.4, 0.5) is 4.39 Å². The Morgan fingerprint density at radius 1 is 1.47 bits per heavy atom. The van der Waals surface area contributed by atoms with Gasteiger partial charge in [-0.15, -0.1) is 0 Å². The number of sulfonamides is 1. The normalized spacial score (nSPS) is 19.8. The first-order valence-electron chi connectivity index (χ1n) is 6.12. The van der Waals surface area contributed by atoms with Crippen LogP contribution in [-0.2, 0) is 21.3 Å². The van der Waals surface area contributed by atoms with Gasteiger partial charge >= 0.3 is 0 Å². The third-order valence-electron chi connectivity index (χ3n) is 3.05. The van der Waals surface area contributed by atoms with Crippen LogP contribution >= 0.6 is 0 Å². The number of nitrogens with one attached hydrogen (secondary N) is 1. The van der Waals surface area contributed by atoms with Crippen LogP contribution < -0.4 is 10.5 Å². The van der Waals surface area contributed by atoms with Crippen LogP contribution in [0.2, 0.25) is 0 Å². The van der Waals surface area contributed by atoms with E-state index >= 15 is 0 Å². The van der Waals surface area contributed by atoms with Crippen LogP contribution in [0.15, 0.2) is 23.1 Å². The Balaban J connectivity index is 2.13. The van der Waals surface area contributed by atoms with Crippen molar-refractivity contribution in [2.24, 2.45) is 5.73 Å². The van der Waals surface area contributed by atoms with Crippen LogP contribution in [0.1, 0.15) is 18.4 Å². The highest BCUT2D eigenvalue weighted by atomic mass is 32.2. The summed E-state index contributed by atoms with van der Waals surface area (Å²) < 4.78 is 45.4. The maximum absolute atomic E-state index is 13.6. The van der Waals surface area contributed by atoms with Crippen LogP contribution in [0.3, 0.4) is 0 Å². The predicted molar refractivity (Wildman–Crippen MR) is 68.5 cm³/mol. The van der Waals surface area contributed by atoms with Gasteiger partial charge in [0.25, 0.3) is 0 Å². The van der Waals surface area contributed by atoms with E-state index in [1.165, 1.54) is 12.1 Å². The highest BCUT2D eigenvalue weighted by molar-refractivity contribution is 7.89. The Morgan fingerprint density at radius 3 is 2.89 bits per heavy atom. The summed E-state index contributed by atoms with van der Waals surface area (Å²) in [5.74, 6) is -0.781. The van der Waals surface area contributed by atoms with Crippen molar-refractivity contribution in [3.8, 4) is 0 Å². The van der Waals surface area contributed by atoms with Crippen molar-refractivity contribution in [1.29, 1.82) is 0 Å². The summed E-state index contributed by atoms with van der Waals surface area (Å²) in [6, 6.07) is 3.84. The van der Waals surface area contributed by atoms with E-state index < -0.39 is 15.8 Å². The van der Waals surface area contributed by atoms with Gasteiger partial charge in [-0.25, -0.2) is 17.5 Å². The van der Waals surface area contributed by atoms with Crippen molar-refractivity contribution >= 4 is 10.0 Å². The second kappa shape index (κ2) is 5.96. The predicted octanol–water partition coefficient (Wildman–Crippen LogP) is 0.742. The average molecular weight is 288 g/mol. The molecule has 5 nitrogen and oxygen atoms in total.